The highest BCUT2D eigenvalue weighted by atomic mass is 32.2. The number of para-hydroxylation sites is 1. The Morgan fingerprint density at radius 3 is 2.71 bits per heavy atom. The monoisotopic (exact) mass is 250 g/mol. The predicted octanol–water partition coefficient (Wildman–Crippen LogP) is 2.54. The SMILES string of the molecule is CC(C)n1nc(CCS(C)=O)c2ccccc21. The highest BCUT2D eigenvalue weighted by molar-refractivity contribution is 7.84. The second-order valence-corrected chi connectivity index (χ2v) is 6.08. The third-order valence-corrected chi connectivity index (χ3v) is 3.58. The van der Waals surface area contributed by atoms with E-state index in [1.165, 1.54) is 10.9 Å². The molecule has 0 aliphatic rings. The molecule has 4 heteroatoms. The number of aromatic nitrogens is 2. The lowest BCUT2D eigenvalue weighted by Crippen LogP contribution is -2.04. The highest BCUT2D eigenvalue weighted by Crippen LogP contribution is 2.21. The predicted molar refractivity (Wildman–Crippen MR) is 72.8 cm³/mol. The average molecular weight is 250 g/mol. The first-order valence-electron chi connectivity index (χ1n) is 5.85. The quantitative estimate of drug-likeness (QED) is 0.836. The number of hydrogen-bond donors (Lipinski definition) is 0. The zero-order valence-electron chi connectivity index (χ0n) is 10.5. The van der Waals surface area contributed by atoms with E-state index in [4.69, 9.17) is 0 Å². The Morgan fingerprint density at radius 2 is 2.06 bits per heavy atom. The van der Waals surface area contributed by atoms with Crippen molar-refractivity contribution in [2.75, 3.05) is 12.0 Å². The number of nitrogens with zero attached hydrogens (tertiary/aromatic N) is 2. The third kappa shape index (κ3) is 2.57. The summed E-state index contributed by atoms with van der Waals surface area (Å²) in [5, 5.41) is 5.83. The molecule has 0 aliphatic carbocycles. The van der Waals surface area contributed by atoms with Crippen LogP contribution in [0.5, 0.6) is 0 Å². The number of rotatable bonds is 4. The second kappa shape index (κ2) is 5.00. The van der Waals surface area contributed by atoms with Crippen LogP contribution in [0.3, 0.4) is 0 Å². The molecule has 1 aromatic carbocycles. The van der Waals surface area contributed by atoms with Crippen molar-refractivity contribution in [3.8, 4) is 0 Å². The van der Waals surface area contributed by atoms with Gasteiger partial charge in [0, 0.05) is 40.7 Å². The van der Waals surface area contributed by atoms with Gasteiger partial charge in [0.2, 0.25) is 0 Å². The highest BCUT2D eigenvalue weighted by Gasteiger charge is 2.11. The minimum Gasteiger partial charge on any atom is -0.262 e. The Bertz CT molecular complexity index is 545. The Hall–Kier alpha value is -1.16. The molecule has 3 nitrogen and oxygen atoms in total. The third-order valence-electron chi connectivity index (χ3n) is 2.81. The largest absolute Gasteiger partial charge is 0.262 e. The second-order valence-electron chi connectivity index (χ2n) is 4.53. The van der Waals surface area contributed by atoms with Crippen molar-refractivity contribution in [2.45, 2.75) is 26.3 Å². The van der Waals surface area contributed by atoms with Crippen LogP contribution in [-0.4, -0.2) is 26.0 Å². The van der Waals surface area contributed by atoms with Gasteiger partial charge in [0.15, 0.2) is 0 Å². The zero-order valence-corrected chi connectivity index (χ0v) is 11.3. The maximum Gasteiger partial charge on any atom is 0.0712 e. The summed E-state index contributed by atoms with van der Waals surface area (Å²) in [6, 6.07) is 8.59. The summed E-state index contributed by atoms with van der Waals surface area (Å²) < 4.78 is 13.2. The van der Waals surface area contributed by atoms with E-state index >= 15 is 0 Å². The minimum absolute atomic E-state index is 0.348. The first-order chi connectivity index (χ1) is 8.09. The molecule has 0 fully saturated rings. The molecule has 1 aromatic heterocycles. The molecule has 0 N–H and O–H groups in total. The standard InChI is InChI=1S/C13H18N2OS/c1-10(2)15-13-7-5-4-6-11(13)12(14-15)8-9-17(3)16/h4-7,10H,8-9H2,1-3H3. The summed E-state index contributed by atoms with van der Waals surface area (Å²) >= 11 is 0. The molecule has 0 bridgehead atoms. The van der Waals surface area contributed by atoms with Crippen LogP contribution < -0.4 is 0 Å². The van der Waals surface area contributed by atoms with E-state index in [0.29, 0.717) is 11.8 Å². The summed E-state index contributed by atoms with van der Waals surface area (Å²) in [7, 11) is -0.760. The van der Waals surface area contributed by atoms with E-state index in [-0.39, 0.29) is 0 Å². The van der Waals surface area contributed by atoms with E-state index in [0.717, 1.165) is 12.1 Å². The van der Waals surface area contributed by atoms with E-state index in [1.807, 2.05) is 16.8 Å². The summed E-state index contributed by atoms with van der Waals surface area (Å²) in [6.07, 6.45) is 2.52. The summed E-state index contributed by atoms with van der Waals surface area (Å²) in [5.41, 5.74) is 2.23. The molecule has 1 heterocycles. The maximum absolute atomic E-state index is 11.2. The van der Waals surface area contributed by atoms with Crippen LogP contribution >= 0.6 is 0 Å². The Morgan fingerprint density at radius 1 is 1.35 bits per heavy atom. The number of aryl methyl sites for hydroxylation is 1. The van der Waals surface area contributed by atoms with Gasteiger partial charge in [0.1, 0.15) is 0 Å². The van der Waals surface area contributed by atoms with Gasteiger partial charge in [-0.2, -0.15) is 5.10 Å². The molecule has 1 atom stereocenters. The summed E-state index contributed by atoms with van der Waals surface area (Å²) in [5.74, 6) is 0.680. The molecule has 92 valence electrons. The lowest BCUT2D eigenvalue weighted by molar-refractivity contribution is 0.544. The number of fused-ring (bicyclic) bond motifs is 1. The minimum atomic E-state index is -0.760. The van der Waals surface area contributed by atoms with Crippen LogP contribution in [0.15, 0.2) is 24.3 Å². The van der Waals surface area contributed by atoms with Gasteiger partial charge in [0.05, 0.1) is 11.2 Å². The Balaban J connectivity index is 2.45. The average Bonchev–Trinajstić information content (AvgIpc) is 2.65. The van der Waals surface area contributed by atoms with Crippen LogP contribution in [0.25, 0.3) is 10.9 Å². The van der Waals surface area contributed by atoms with Crippen LogP contribution in [0.1, 0.15) is 25.6 Å². The van der Waals surface area contributed by atoms with E-state index in [1.54, 1.807) is 6.26 Å². The van der Waals surface area contributed by atoms with Gasteiger partial charge >= 0.3 is 0 Å². The van der Waals surface area contributed by atoms with E-state index in [2.05, 4.69) is 31.1 Å². The molecule has 0 spiro atoms. The van der Waals surface area contributed by atoms with Gasteiger partial charge in [-0.3, -0.25) is 8.89 Å². The molecule has 2 aromatic rings. The summed E-state index contributed by atoms with van der Waals surface area (Å²) in [6.45, 7) is 4.25. The maximum atomic E-state index is 11.2. The van der Waals surface area contributed by atoms with E-state index < -0.39 is 10.8 Å². The molecular weight excluding hydrogens is 232 g/mol. The molecule has 17 heavy (non-hydrogen) atoms. The first kappa shape index (κ1) is 12.3. The van der Waals surface area contributed by atoms with Crippen molar-refractivity contribution in [3.05, 3.63) is 30.0 Å². The topological polar surface area (TPSA) is 34.9 Å². The molecule has 0 saturated heterocycles. The zero-order chi connectivity index (χ0) is 12.4. The normalized spacial score (nSPS) is 13.4. The Labute approximate surface area is 104 Å². The molecule has 2 rings (SSSR count). The van der Waals surface area contributed by atoms with Crippen molar-refractivity contribution in [2.24, 2.45) is 0 Å². The van der Waals surface area contributed by atoms with Crippen molar-refractivity contribution in [1.29, 1.82) is 0 Å². The van der Waals surface area contributed by atoms with Crippen LogP contribution in [-0.2, 0) is 17.2 Å². The molecule has 0 radical (unpaired) electrons. The van der Waals surface area contributed by atoms with Crippen molar-refractivity contribution < 1.29 is 4.21 Å². The van der Waals surface area contributed by atoms with Crippen molar-refractivity contribution in [1.82, 2.24) is 9.78 Å². The van der Waals surface area contributed by atoms with Crippen LogP contribution in [0.4, 0.5) is 0 Å². The van der Waals surface area contributed by atoms with Gasteiger partial charge < -0.3 is 0 Å². The van der Waals surface area contributed by atoms with Gasteiger partial charge in [0.25, 0.3) is 0 Å². The fourth-order valence-electron chi connectivity index (χ4n) is 1.97. The summed E-state index contributed by atoms with van der Waals surface area (Å²) in [4.78, 5) is 0. The lowest BCUT2D eigenvalue weighted by atomic mass is 10.2. The van der Waals surface area contributed by atoms with Crippen LogP contribution in [0, 0.1) is 0 Å². The number of hydrogen-bond acceptors (Lipinski definition) is 2. The van der Waals surface area contributed by atoms with Gasteiger partial charge in [-0.05, 0) is 19.9 Å². The molecular formula is C13H18N2OS. The van der Waals surface area contributed by atoms with Crippen molar-refractivity contribution in [3.63, 3.8) is 0 Å². The lowest BCUT2D eigenvalue weighted by Gasteiger charge is -2.06. The van der Waals surface area contributed by atoms with Crippen molar-refractivity contribution >= 4 is 21.7 Å². The smallest absolute Gasteiger partial charge is 0.0712 e. The molecule has 0 aliphatic heterocycles. The molecule has 0 amide bonds. The van der Waals surface area contributed by atoms with Gasteiger partial charge in [-0.15, -0.1) is 0 Å². The van der Waals surface area contributed by atoms with Crippen LogP contribution in [0.2, 0.25) is 0 Å². The molecule has 0 saturated carbocycles. The fraction of sp³-hybridized carbons (Fsp3) is 0.462. The molecule has 1 unspecified atom stereocenters. The van der Waals surface area contributed by atoms with Gasteiger partial charge in [-0.25, -0.2) is 0 Å². The van der Waals surface area contributed by atoms with Gasteiger partial charge in [-0.1, -0.05) is 18.2 Å². The first-order valence-corrected chi connectivity index (χ1v) is 7.58. The number of benzene rings is 1. The van der Waals surface area contributed by atoms with E-state index in [9.17, 15) is 4.21 Å². The fourth-order valence-corrected chi connectivity index (χ4v) is 2.45. The Kier molecular flexibility index (Phi) is 3.62.